The van der Waals surface area contributed by atoms with Crippen LogP contribution in [0.2, 0.25) is 0 Å². The van der Waals surface area contributed by atoms with Gasteiger partial charge in [0.1, 0.15) is 0 Å². The molecule has 0 N–H and O–H groups in total. The second-order valence-corrected chi connectivity index (χ2v) is 7.91. The molecule has 2 aliphatic rings. The molecule has 6 heteroatoms. The minimum Gasteiger partial charge on any atom is -0.274 e. The molecule has 1 aliphatic heterocycles. The fourth-order valence-corrected chi connectivity index (χ4v) is 5.09. The number of hydrogen-bond acceptors (Lipinski definition) is 4. The number of carbonyl (C=O) groups is 2. The fraction of sp³-hybridized carbons (Fsp3) is 0.353. The minimum absolute atomic E-state index is 0.0886. The molecule has 118 valence electrons. The van der Waals surface area contributed by atoms with Gasteiger partial charge in [0, 0.05) is 4.47 Å². The number of thiazole rings is 1. The number of benzene rings is 1. The fourth-order valence-electron chi connectivity index (χ4n) is 3.56. The van der Waals surface area contributed by atoms with E-state index in [0.29, 0.717) is 11.6 Å². The first-order valence-electron chi connectivity index (χ1n) is 7.70. The number of imide groups is 1. The van der Waals surface area contributed by atoms with Gasteiger partial charge in [-0.3, -0.25) is 9.59 Å². The van der Waals surface area contributed by atoms with E-state index in [1.165, 1.54) is 16.2 Å². The van der Waals surface area contributed by atoms with Crippen LogP contribution in [0, 0.1) is 17.8 Å². The molecule has 23 heavy (non-hydrogen) atoms. The van der Waals surface area contributed by atoms with Crippen molar-refractivity contribution in [1.82, 2.24) is 4.98 Å². The molecule has 1 aromatic heterocycles. The first kappa shape index (κ1) is 15.0. The van der Waals surface area contributed by atoms with Gasteiger partial charge in [-0.2, -0.15) is 0 Å². The van der Waals surface area contributed by atoms with E-state index in [9.17, 15) is 9.59 Å². The van der Waals surface area contributed by atoms with Crippen LogP contribution in [0.3, 0.4) is 0 Å². The van der Waals surface area contributed by atoms with E-state index >= 15 is 0 Å². The number of anilines is 1. The van der Waals surface area contributed by atoms with Gasteiger partial charge in [0.05, 0.1) is 22.1 Å². The number of hydrogen-bond donors (Lipinski definition) is 0. The Morgan fingerprint density at radius 1 is 1.35 bits per heavy atom. The van der Waals surface area contributed by atoms with Crippen molar-refractivity contribution in [1.29, 1.82) is 0 Å². The summed E-state index contributed by atoms with van der Waals surface area (Å²) >= 11 is 4.83. The maximum Gasteiger partial charge on any atom is 0.240 e. The third-order valence-electron chi connectivity index (χ3n) is 4.71. The number of carbonyl (C=O) groups excluding carboxylic acids is 2. The van der Waals surface area contributed by atoms with Crippen LogP contribution in [0.25, 0.3) is 10.2 Å². The van der Waals surface area contributed by atoms with Crippen molar-refractivity contribution in [2.75, 3.05) is 4.90 Å². The molecule has 2 aromatic rings. The SMILES string of the molecule is CCC1C=CCC2C(=O)N(c3nc4ccc(Br)cc4s3)C(=O)C12. The van der Waals surface area contributed by atoms with Crippen molar-refractivity contribution in [2.24, 2.45) is 17.8 Å². The summed E-state index contributed by atoms with van der Waals surface area (Å²) in [4.78, 5) is 31.5. The molecule has 3 unspecified atom stereocenters. The van der Waals surface area contributed by atoms with E-state index in [1.807, 2.05) is 24.3 Å². The predicted octanol–water partition coefficient (Wildman–Crippen LogP) is 4.15. The van der Waals surface area contributed by atoms with Gasteiger partial charge < -0.3 is 0 Å². The van der Waals surface area contributed by atoms with Crippen LogP contribution in [0.4, 0.5) is 5.13 Å². The number of rotatable bonds is 2. The lowest BCUT2D eigenvalue weighted by Crippen LogP contribution is -2.31. The highest BCUT2D eigenvalue weighted by Gasteiger charge is 2.51. The average Bonchev–Trinajstić information content (AvgIpc) is 3.06. The van der Waals surface area contributed by atoms with Gasteiger partial charge in [-0.05, 0) is 37.0 Å². The van der Waals surface area contributed by atoms with Crippen LogP contribution in [0.15, 0.2) is 34.8 Å². The molecule has 0 radical (unpaired) electrons. The van der Waals surface area contributed by atoms with Crippen molar-refractivity contribution in [3.63, 3.8) is 0 Å². The van der Waals surface area contributed by atoms with E-state index in [0.717, 1.165) is 21.1 Å². The molecule has 3 atom stereocenters. The molecule has 2 amide bonds. The smallest absolute Gasteiger partial charge is 0.240 e. The van der Waals surface area contributed by atoms with Crippen molar-refractivity contribution in [2.45, 2.75) is 19.8 Å². The first-order chi connectivity index (χ1) is 11.1. The zero-order valence-electron chi connectivity index (χ0n) is 12.5. The lowest BCUT2D eigenvalue weighted by Gasteiger charge is -2.24. The van der Waals surface area contributed by atoms with Gasteiger partial charge in [0.2, 0.25) is 11.8 Å². The molecule has 1 aromatic carbocycles. The Kier molecular flexibility index (Phi) is 3.61. The monoisotopic (exact) mass is 390 g/mol. The van der Waals surface area contributed by atoms with Crippen molar-refractivity contribution in [3.8, 4) is 0 Å². The minimum atomic E-state index is -0.226. The second kappa shape index (κ2) is 5.53. The second-order valence-electron chi connectivity index (χ2n) is 5.99. The van der Waals surface area contributed by atoms with Gasteiger partial charge in [-0.15, -0.1) is 0 Å². The maximum absolute atomic E-state index is 12.9. The number of allylic oxidation sites excluding steroid dienone is 2. The Balaban J connectivity index is 1.76. The van der Waals surface area contributed by atoms with E-state index in [-0.39, 0.29) is 29.6 Å². The number of halogens is 1. The zero-order chi connectivity index (χ0) is 16.1. The molecule has 0 bridgehead atoms. The molecule has 0 saturated carbocycles. The summed E-state index contributed by atoms with van der Waals surface area (Å²) < 4.78 is 1.93. The molecule has 4 rings (SSSR count). The third-order valence-corrected chi connectivity index (χ3v) is 6.21. The molecular weight excluding hydrogens is 376 g/mol. The number of nitrogens with zero attached hydrogens (tertiary/aromatic N) is 2. The normalized spacial score (nSPS) is 27.0. The van der Waals surface area contributed by atoms with Crippen LogP contribution in [-0.2, 0) is 9.59 Å². The lowest BCUT2D eigenvalue weighted by atomic mass is 9.76. The number of aromatic nitrogens is 1. The lowest BCUT2D eigenvalue weighted by molar-refractivity contribution is -0.122. The van der Waals surface area contributed by atoms with Crippen LogP contribution in [-0.4, -0.2) is 16.8 Å². The third kappa shape index (κ3) is 2.27. The van der Waals surface area contributed by atoms with Gasteiger partial charge in [0.25, 0.3) is 0 Å². The highest BCUT2D eigenvalue weighted by Crippen LogP contribution is 2.43. The Morgan fingerprint density at radius 3 is 2.96 bits per heavy atom. The van der Waals surface area contributed by atoms with Gasteiger partial charge >= 0.3 is 0 Å². The summed E-state index contributed by atoms with van der Waals surface area (Å²) in [5.74, 6) is -0.485. The van der Waals surface area contributed by atoms with Crippen molar-refractivity contribution in [3.05, 3.63) is 34.8 Å². The molecule has 1 saturated heterocycles. The van der Waals surface area contributed by atoms with E-state index in [4.69, 9.17) is 0 Å². The molecular formula is C17H15BrN2O2S. The van der Waals surface area contributed by atoms with E-state index in [2.05, 4.69) is 33.9 Å². The standard InChI is InChI=1S/C17H15BrN2O2S/c1-2-9-4-3-5-11-14(9)16(22)20(15(11)21)17-19-12-7-6-10(18)8-13(12)23-17/h3-4,6-9,11,14H,2,5H2,1H3. The molecule has 4 nitrogen and oxygen atoms in total. The summed E-state index contributed by atoms with van der Waals surface area (Å²) in [5.41, 5.74) is 0.814. The average molecular weight is 391 g/mol. The largest absolute Gasteiger partial charge is 0.274 e. The zero-order valence-corrected chi connectivity index (χ0v) is 14.9. The van der Waals surface area contributed by atoms with E-state index < -0.39 is 0 Å². The molecule has 0 spiro atoms. The first-order valence-corrected chi connectivity index (χ1v) is 9.31. The highest BCUT2D eigenvalue weighted by atomic mass is 79.9. The molecule has 2 heterocycles. The van der Waals surface area contributed by atoms with E-state index in [1.54, 1.807) is 0 Å². The topological polar surface area (TPSA) is 50.3 Å². The van der Waals surface area contributed by atoms with Gasteiger partial charge in [-0.25, -0.2) is 9.88 Å². The summed E-state index contributed by atoms with van der Waals surface area (Å²) in [6, 6.07) is 5.77. The number of amides is 2. The van der Waals surface area contributed by atoms with Crippen LogP contribution < -0.4 is 4.90 Å². The Morgan fingerprint density at radius 2 is 2.17 bits per heavy atom. The summed E-state index contributed by atoms with van der Waals surface area (Å²) in [7, 11) is 0. The van der Waals surface area contributed by atoms with Gasteiger partial charge in [0.15, 0.2) is 5.13 Å². The quantitative estimate of drug-likeness (QED) is 0.571. The molecule has 1 fully saturated rings. The maximum atomic E-state index is 12.9. The van der Waals surface area contributed by atoms with Gasteiger partial charge in [-0.1, -0.05) is 46.3 Å². The summed E-state index contributed by atoms with van der Waals surface area (Å²) in [6.45, 7) is 2.06. The van der Waals surface area contributed by atoms with Crippen molar-refractivity contribution < 1.29 is 9.59 Å². The predicted molar refractivity (Wildman–Crippen MR) is 94.3 cm³/mol. The number of fused-ring (bicyclic) bond motifs is 2. The van der Waals surface area contributed by atoms with Crippen LogP contribution in [0.1, 0.15) is 19.8 Å². The Bertz CT molecular complexity index is 844. The van der Waals surface area contributed by atoms with Crippen LogP contribution >= 0.6 is 27.3 Å². The Hall–Kier alpha value is -1.53. The summed E-state index contributed by atoms with van der Waals surface area (Å²) in [6.07, 6.45) is 5.65. The summed E-state index contributed by atoms with van der Waals surface area (Å²) in [5, 5.41) is 0.498. The van der Waals surface area contributed by atoms with Crippen molar-refractivity contribution >= 4 is 54.4 Å². The highest BCUT2D eigenvalue weighted by molar-refractivity contribution is 9.10. The van der Waals surface area contributed by atoms with Crippen LogP contribution in [0.5, 0.6) is 0 Å². The Labute approximate surface area is 146 Å². The molecule has 1 aliphatic carbocycles.